The molecule has 0 aliphatic heterocycles. The van der Waals surface area contributed by atoms with Gasteiger partial charge in [-0.15, -0.1) is 0 Å². The van der Waals surface area contributed by atoms with Gasteiger partial charge in [-0.3, -0.25) is 0 Å². The smallest absolute Gasteiger partial charge is 0.205 e. The molecule has 0 saturated carbocycles. The summed E-state index contributed by atoms with van der Waals surface area (Å²) in [6.45, 7) is 8.23. The summed E-state index contributed by atoms with van der Waals surface area (Å²) in [4.78, 5) is 5.13. The predicted molar refractivity (Wildman–Crippen MR) is 91.6 cm³/mol. The Hall–Kier alpha value is -1.84. The summed E-state index contributed by atoms with van der Waals surface area (Å²) in [5.74, 6) is 1.74. The Labute approximate surface area is 134 Å². The second-order valence-corrected chi connectivity index (χ2v) is 4.85. The zero-order valence-corrected chi connectivity index (χ0v) is 14.3. The van der Waals surface area contributed by atoms with Gasteiger partial charge in [0.15, 0.2) is 5.75 Å². The molecule has 2 rings (SSSR count). The van der Waals surface area contributed by atoms with Gasteiger partial charge in [-0.2, -0.15) is 5.48 Å². The number of nitrogens with two attached hydrogens (primary N) is 1. The number of hydrogen-bond donors (Lipinski definition) is 1. The maximum absolute atomic E-state index is 6.09. The van der Waals surface area contributed by atoms with E-state index in [9.17, 15) is 0 Å². The van der Waals surface area contributed by atoms with Crippen molar-refractivity contribution in [1.29, 1.82) is 0 Å². The Balaban J connectivity index is 0.00000116. The number of benzene rings is 2. The van der Waals surface area contributed by atoms with Crippen LogP contribution < -0.4 is 10.2 Å². The molecule has 0 spiro atoms. The Morgan fingerprint density at radius 3 is 2.41 bits per heavy atom. The first-order valence-corrected chi connectivity index (χ1v) is 7.97. The largest absolute Gasteiger partial charge is 0.451 e. The van der Waals surface area contributed by atoms with Gasteiger partial charge in [0.1, 0.15) is 5.75 Å². The van der Waals surface area contributed by atoms with Crippen LogP contribution in [0.25, 0.3) is 0 Å². The van der Waals surface area contributed by atoms with E-state index in [-0.39, 0.29) is 0 Å². The minimum absolute atomic E-state index is 0.820. The van der Waals surface area contributed by atoms with E-state index < -0.39 is 0 Å². The van der Waals surface area contributed by atoms with Gasteiger partial charge < -0.3 is 4.74 Å². The standard InChI is InChI=1S/C17H21NO2.C2H6/c1-4-7-14-8-5-6-9-16(14)20-17-11-10-13(2)12-15(17)18-19-3;1-2/h5-6,8-12,18H,4,7H2,1-3H3;1-2H3/p+1. The molecule has 0 unspecified atom stereocenters. The predicted octanol–water partition coefficient (Wildman–Crippen LogP) is 4.52. The van der Waals surface area contributed by atoms with Crippen LogP contribution in [0.5, 0.6) is 11.5 Å². The van der Waals surface area contributed by atoms with E-state index in [0.29, 0.717) is 0 Å². The highest BCUT2D eigenvalue weighted by Gasteiger charge is 2.11. The fourth-order valence-electron chi connectivity index (χ4n) is 2.18. The second-order valence-electron chi connectivity index (χ2n) is 4.85. The topological polar surface area (TPSA) is 35.1 Å². The first kappa shape index (κ1) is 18.2. The van der Waals surface area contributed by atoms with Gasteiger partial charge in [0.05, 0.1) is 7.11 Å². The molecule has 120 valence electrons. The van der Waals surface area contributed by atoms with Crippen LogP contribution >= 0.6 is 0 Å². The van der Waals surface area contributed by atoms with Crippen LogP contribution in [-0.4, -0.2) is 7.11 Å². The summed E-state index contributed by atoms with van der Waals surface area (Å²) < 4.78 is 6.09. The lowest BCUT2D eigenvalue weighted by molar-refractivity contribution is -0.830. The molecule has 0 atom stereocenters. The van der Waals surface area contributed by atoms with Crippen molar-refractivity contribution in [3.05, 3.63) is 53.6 Å². The normalized spacial score (nSPS) is 9.86. The molecule has 22 heavy (non-hydrogen) atoms. The summed E-state index contributed by atoms with van der Waals surface area (Å²) in [7, 11) is 1.65. The lowest BCUT2D eigenvalue weighted by Crippen LogP contribution is -2.76. The number of hydrogen-bond acceptors (Lipinski definition) is 2. The van der Waals surface area contributed by atoms with Crippen LogP contribution in [0.4, 0.5) is 5.69 Å². The zero-order chi connectivity index (χ0) is 16.4. The third-order valence-electron chi connectivity index (χ3n) is 3.12. The quantitative estimate of drug-likeness (QED) is 0.629. The minimum Gasteiger partial charge on any atom is -0.451 e. The van der Waals surface area contributed by atoms with Crippen LogP contribution in [-0.2, 0) is 11.3 Å². The van der Waals surface area contributed by atoms with Gasteiger partial charge >= 0.3 is 0 Å². The molecular formula is C19H28NO2+. The Kier molecular flexibility index (Phi) is 8.26. The van der Waals surface area contributed by atoms with Crippen molar-refractivity contribution >= 4 is 5.69 Å². The van der Waals surface area contributed by atoms with Crippen molar-refractivity contribution in [2.45, 2.75) is 40.5 Å². The van der Waals surface area contributed by atoms with Crippen molar-refractivity contribution < 1.29 is 15.1 Å². The molecule has 0 fully saturated rings. The Morgan fingerprint density at radius 1 is 1.00 bits per heavy atom. The number of aryl methyl sites for hydroxylation is 2. The van der Waals surface area contributed by atoms with Crippen molar-refractivity contribution in [2.75, 3.05) is 7.11 Å². The Morgan fingerprint density at radius 2 is 1.73 bits per heavy atom. The third kappa shape index (κ3) is 5.17. The van der Waals surface area contributed by atoms with Crippen LogP contribution in [0.3, 0.4) is 0 Å². The fourth-order valence-corrected chi connectivity index (χ4v) is 2.18. The van der Waals surface area contributed by atoms with E-state index in [1.54, 1.807) is 12.6 Å². The van der Waals surface area contributed by atoms with Gasteiger partial charge in [0, 0.05) is 6.07 Å². The molecule has 0 aliphatic carbocycles. The average molecular weight is 302 g/mol. The van der Waals surface area contributed by atoms with Gasteiger partial charge in [0.25, 0.3) is 0 Å². The number of rotatable bonds is 6. The van der Waals surface area contributed by atoms with Crippen molar-refractivity contribution in [2.24, 2.45) is 0 Å². The number of para-hydroxylation sites is 1. The summed E-state index contributed by atoms with van der Waals surface area (Å²) in [5.41, 5.74) is 5.09. The molecule has 3 heteroatoms. The van der Waals surface area contributed by atoms with Crippen LogP contribution in [0.1, 0.15) is 38.3 Å². The first-order valence-electron chi connectivity index (χ1n) is 7.97. The minimum atomic E-state index is 0.820. The lowest BCUT2D eigenvalue weighted by atomic mass is 10.1. The summed E-state index contributed by atoms with van der Waals surface area (Å²) in [5, 5.41) is 0. The van der Waals surface area contributed by atoms with Gasteiger partial charge in [-0.05, 0) is 36.6 Å². The van der Waals surface area contributed by atoms with Crippen LogP contribution in [0.15, 0.2) is 42.5 Å². The molecule has 0 radical (unpaired) electrons. The van der Waals surface area contributed by atoms with Gasteiger partial charge in [-0.25, -0.2) is 4.84 Å². The highest BCUT2D eigenvalue weighted by atomic mass is 16.6. The van der Waals surface area contributed by atoms with Crippen molar-refractivity contribution in [3.63, 3.8) is 0 Å². The van der Waals surface area contributed by atoms with E-state index >= 15 is 0 Å². The van der Waals surface area contributed by atoms with E-state index in [0.717, 1.165) is 30.0 Å². The van der Waals surface area contributed by atoms with E-state index in [1.165, 1.54) is 11.1 Å². The summed E-state index contributed by atoms with van der Waals surface area (Å²) in [6.07, 6.45) is 2.12. The van der Waals surface area contributed by atoms with E-state index in [2.05, 4.69) is 32.0 Å². The molecule has 2 N–H and O–H groups in total. The zero-order valence-electron chi connectivity index (χ0n) is 14.3. The third-order valence-corrected chi connectivity index (χ3v) is 3.12. The molecule has 2 aromatic rings. The van der Waals surface area contributed by atoms with Crippen LogP contribution in [0, 0.1) is 6.92 Å². The molecule has 0 heterocycles. The highest BCUT2D eigenvalue weighted by molar-refractivity contribution is 5.50. The van der Waals surface area contributed by atoms with E-state index in [1.807, 2.05) is 38.1 Å². The highest BCUT2D eigenvalue weighted by Crippen LogP contribution is 2.30. The molecular weight excluding hydrogens is 274 g/mol. The summed E-state index contributed by atoms with van der Waals surface area (Å²) >= 11 is 0. The van der Waals surface area contributed by atoms with Crippen LogP contribution in [0.2, 0.25) is 0 Å². The molecule has 2 aromatic carbocycles. The van der Waals surface area contributed by atoms with Gasteiger partial charge in [-0.1, -0.05) is 51.5 Å². The van der Waals surface area contributed by atoms with E-state index in [4.69, 9.17) is 9.57 Å². The Bertz CT molecular complexity index is 567. The van der Waals surface area contributed by atoms with Gasteiger partial charge in [0.2, 0.25) is 5.69 Å². The second kappa shape index (κ2) is 9.98. The molecule has 3 nitrogen and oxygen atoms in total. The monoisotopic (exact) mass is 302 g/mol. The molecule has 0 amide bonds. The maximum Gasteiger partial charge on any atom is 0.205 e. The average Bonchev–Trinajstić information content (AvgIpc) is 2.54. The molecule has 0 aromatic heterocycles. The molecule has 0 bridgehead atoms. The number of quaternary nitrogens is 1. The van der Waals surface area contributed by atoms with Crippen molar-refractivity contribution in [3.8, 4) is 11.5 Å². The van der Waals surface area contributed by atoms with Crippen molar-refractivity contribution in [1.82, 2.24) is 0 Å². The molecule has 0 aliphatic rings. The fraction of sp³-hybridized carbons (Fsp3) is 0.368. The molecule has 0 saturated heterocycles. The first-order chi connectivity index (χ1) is 10.7. The number of ether oxygens (including phenoxy) is 1. The SMILES string of the molecule is CC.CCCc1ccccc1Oc1ccc(C)cc1[NH2+]OC. The lowest BCUT2D eigenvalue weighted by Gasteiger charge is -2.12. The summed E-state index contributed by atoms with van der Waals surface area (Å²) in [6, 6.07) is 14.3. The maximum atomic E-state index is 6.09.